The van der Waals surface area contributed by atoms with Gasteiger partial charge in [-0.05, 0) is 45.7 Å². The smallest absolute Gasteiger partial charge is 0.214 e. The molecule has 38 heavy (non-hydrogen) atoms. The number of aromatic nitrogens is 4. The maximum absolute atomic E-state index is 7.00. The summed E-state index contributed by atoms with van der Waals surface area (Å²) < 4.78 is 8.77. The van der Waals surface area contributed by atoms with Crippen molar-refractivity contribution in [2.45, 2.75) is 17.2 Å². The highest BCUT2D eigenvalue weighted by Crippen LogP contribution is 2.41. The number of ether oxygens (including phenoxy) is 1. The molecule has 6 heteroatoms. The van der Waals surface area contributed by atoms with E-state index in [1.165, 1.54) is 0 Å². The zero-order chi connectivity index (χ0) is 26.0. The number of nitrogens with zero attached hydrogens (tertiary/aromatic N) is 4. The Morgan fingerprint density at radius 2 is 1.26 bits per heavy atom. The minimum atomic E-state index is -0.740. The lowest BCUT2D eigenvalue weighted by Gasteiger charge is -2.37. The van der Waals surface area contributed by atoms with Crippen LogP contribution in [0.1, 0.15) is 23.1 Å². The molecule has 1 atom stereocenters. The number of para-hydroxylation sites is 1. The summed E-state index contributed by atoms with van der Waals surface area (Å²) >= 11 is 1.64. The molecule has 1 heterocycles. The first-order chi connectivity index (χ1) is 18.8. The molecular formula is C32H30N4OS. The summed E-state index contributed by atoms with van der Waals surface area (Å²) in [6.45, 7) is 4.65. The van der Waals surface area contributed by atoms with Gasteiger partial charge in [0, 0.05) is 11.7 Å². The third-order valence-electron chi connectivity index (χ3n) is 6.55. The summed E-state index contributed by atoms with van der Waals surface area (Å²) in [6.07, 6.45) is 2.87. The van der Waals surface area contributed by atoms with Gasteiger partial charge in [-0.3, -0.25) is 0 Å². The number of benzene rings is 4. The number of thioether (sulfide) groups is 1. The molecule has 5 nitrogen and oxygen atoms in total. The zero-order valence-corrected chi connectivity index (χ0v) is 22.0. The zero-order valence-electron chi connectivity index (χ0n) is 21.1. The van der Waals surface area contributed by atoms with Crippen molar-refractivity contribution in [1.82, 2.24) is 20.2 Å². The molecule has 1 aromatic heterocycles. The molecule has 4 aromatic carbocycles. The molecular weight excluding hydrogens is 488 g/mol. The largest absolute Gasteiger partial charge is 0.360 e. The van der Waals surface area contributed by atoms with Crippen LogP contribution >= 0.6 is 11.8 Å². The SMILES string of the molecule is C=C[C@H](CCSc1nnnn1-c1ccccc1)COC(c1ccccc1)(c1ccccc1)c1ccccc1. The molecule has 0 spiro atoms. The standard InChI is InChI=1S/C32H30N4OS/c1-2-26(23-24-38-31-33-34-35-36(31)30-21-13-6-14-22-30)25-37-32(27-15-7-3-8-16-27,28-17-9-4-10-18-28)29-19-11-5-12-20-29/h2-22,26H,1,23-25H2/t26-/m1/s1. The van der Waals surface area contributed by atoms with Crippen molar-refractivity contribution in [3.8, 4) is 5.69 Å². The fraction of sp³-hybridized carbons (Fsp3) is 0.156. The van der Waals surface area contributed by atoms with Gasteiger partial charge >= 0.3 is 0 Å². The summed E-state index contributed by atoms with van der Waals surface area (Å²) in [5.41, 5.74) is 3.49. The molecule has 0 aliphatic heterocycles. The summed E-state index contributed by atoms with van der Waals surface area (Å²) in [5.74, 6) is 0.987. The van der Waals surface area contributed by atoms with Gasteiger partial charge in [0.25, 0.3) is 0 Å². The number of rotatable bonds is 12. The van der Waals surface area contributed by atoms with Crippen molar-refractivity contribution >= 4 is 11.8 Å². The van der Waals surface area contributed by atoms with Crippen molar-refractivity contribution in [2.24, 2.45) is 5.92 Å². The molecule has 0 saturated carbocycles. The Hall–Kier alpha value is -4.00. The first-order valence-corrected chi connectivity index (χ1v) is 13.7. The van der Waals surface area contributed by atoms with Gasteiger partial charge in [-0.2, -0.15) is 4.68 Å². The maximum atomic E-state index is 7.00. The van der Waals surface area contributed by atoms with E-state index in [9.17, 15) is 0 Å². The van der Waals surface area contributed by atoms with Gasteiger partial charge in [-0.1, -0.05) is 127 Å². The lowest BCUT2D eigenvalue weighted by molar-refractivity contribution is -0.000980. The van der Waals surface area contributed by atoms with Crippen LogP contribution in [0.5, 0.6) is 0 Å². The number of hydrogen-bond donors (Lipinski definition) is 0. The maximum Gasteiger partial charge on any atom is 0.214 e. The molecule has 5 aromatic rings. The predicted octanol–water partition coefficient (Wildman–Crippen LogP) is 6.96. The Morgan fingerprint density at radius 1 is 0.763 bits per heavy atom. The van der Waals surface area contributed by atoms with Crippen LogP contribution in [-0.2, 0) is 10.3 Å². The highest BCUT2D eigenvalue weighted by molar-refractivity contribution is 7.99. The van der Waals surface area contributed by atoms with Gasteiger partial charge in [-0.25, -0.2) is 0 Å². The van der Waals surface area contributed by atoms with E-state index in [0.29, 0.717) is 6.61 Å². The topological polar surface area (TPSA) is 52.8 Å². The van der Waals surface area contributed by atoms with Crippen molar-refractivity contribution in [2.75, 3.05) is 12.4 Å². The van der Waals surface area contributed by atoms with E-state index in [4.69, 9.17) is 4.74 Å². The second-order valence-corrected chi connectivity index (χ2v) is 9.99. The molecule has 0 unspecified atom stereocenters. The van der Waals surface area contributed by atoms with Crippen LogP contribution in [0, 0.1) is 5.92 Å². The normalized spacial score (nSPS) is 12.2. The monoisotopic (exact) mass is 518 g/mol. The molecule has 0 fully saturated rings. The van der Waals surface area contributed by atoms with Crippen molar-refractivity contribution in [1.29, 1.82) is 0 Å². The van der Waals surface area contributed by atoms with Gasteiger partial charge in [0.2, 0.25) is 5.16 Å². The third kappa shape index (κ3) is 5.62. The van der Waals surface area contributed by atoms with E-state index >= 15 is 0 Å². The second kappa shape index (κ2) is 12.5. The molecule has 0 amide bonds. The van der Waals surface area contributed by atoms with E-state index in [2.05, 4.69) is 94.9 Å². The van der Waals surface area contributed by atoms with Crippen LogP contribution < -0.4 is 0 Å². The molecule has 0 N–H and O–H groups in total. The highest BCUT2D eigenvalue weighted by Gasteiger charge is 2.37. The summed E-state index contributed by atoms with van der Waals surface area (Å²) in [6, 6.07) is 41.3. The lowest BCUT2D eigenvalue weighted by Crippen LogP contribution is -2.34. The molecule has 190 valence electrons. The van der Waals surface area contributed by atoms with Crippen LogP contribution in [-0.4, -0.2) is 32.6 Å². The Kier molecular flexibility index (Phi) is 8.43. The van der Waals surface area contributed by atoms with E-state index in [1.54, 1.807) is 16.4 Å². The van der Waals surface area contributed by atoms with Crippen LogP contribution in [0.2, 0.25) is 0 Å². The van der Waals surface area contributed by atoms with Gasteiger partial charge in [0.15, 0.2) is 0 Å². The molecule has 0 aliphatic carbocycles. The van der Waals surface area contributed by atoms with Crippen molar-refractivity contribution in [3.63, 3.8) is 0 Å². The van der Waals surface area contributed by atoms with Gasteiger partial charge in [-0.15, -0.1) is 11.7 Å². The van der Waals surface area contributed by atoms with Crippen molar-refractivity contribution in [3.05, 3.63) is 151 Å². The van der Waals surface area contributed by atoms with E-state index in [0.717, 1.165) is 39.7 Å². The molecule has 0 saturated heterocycles. The third-order valence-corrected chi connectivity index (χ3v) is 7.50. The second-order valence-electron chi connectivity index (χ2n) is 8.93. The summed E-state index contributed by atoms with van der Waals surface area (Å²) in [4.78, 5) is 0. The molecule has 0 radical (unpaired) electrons. The summed E-state index contributed by atoms with van der Waals surface area (Å²) in [7, 11) is 0. The predicted molar refractivity (Wildman–Crippen MR) is 153 cm³/mol. The lowest BCUT2D eigenvalue weighted by atomic mass is 9.80. The minimum absolute atomic E-state index is 0.152. The average Bonchev–Trinajstić information content (AvgIpc) is 3.47. The summed E-state index contributed by atoms with van der Waals surface area (Å²) in [5, 5.41) is 13.0. The fourth-order valence-corrected chi connectivity index (χ4v) is 5.53. The minimum Gasteiger partial charge on any atom is -0.360 e. The quantitative estimate of drug-likeness (QED) is 0.102. The van der Waals surface area contributed by atoms with Gasteiger partial charge in [0.1, 0.15) is 5.60 Å². The van der Waals surface area contributed by atoms with Crippen LogP contribution in [0.25, 0.3) is 5.69 Å². The van der Waals surface area contributed by atoms with E-state index in [-0.39, 0.29) is 5.92 Å². The molecule has 0 bridgehead atoms. The average molecular weight is 519 g/mol. The highest BCUT2D eigenvalue weighted by atomic mass is 32.2. The molecule has 0 aliphatic rings. The Labute approximate surface area is 228 Å². The first-order valence-electron chi connectivity index (χ1n) is 12.7. The van der Waals surface area contributed by atoms with Crippen molar-refractivity contribution < 1.29 is 4.74 Å². The van der Waals surface area contributed by atoms with Crippen LogP contribution in [0.4, 0.5) is 0 Å². The Morgan fingerprint density at radius 3 is 1.76 bits per heavy atom. The fourth-order valence-electron chi connectivity index (χ4n) is 4.57. The van der Waals surface area contributed by atoms with Gasteiger partial charge < -0.3 is 4.74 Å². The Bertz CT molecular complexity index is 1310. The number of tetrazole rings is 1. The van der Waals surface area contributed by atoms with E-state index in [1.807, 2.05) is 54.6 Å². The van der Waals surface area contributed by atoms with Gasteiger partial charge in [0.05, 0.1) is 12.3 Å². The number of hydrogen-bond acceptors (Lipinski definition) is 5. The van der Waals surface area contributed by atoms with Crippen LogP contribution in [0.3, 0.4) is 0 Å². The first kappa shape index (κ1) is 25.6. The Balaban J connectivity index is 1.36. The van der Waals surface area contributed by atoms with Crippen LogP contribution in [0.15, 0.2) is 139 Å². The van der Waals surface area contributed by atoms with E-state index < -0.39 is 5.60 Å². The molecule has 5 rings (SSSR count).